The number of carboxylic acids is 1. The summed E-state index contributed by atoms with van der Waals surface area (Å²) in [5.74, 6) is -0.288. The third kappa shape index (κ3) is 4.52. The van der Waals surface area contributed by atoms with Crippen molar-refractivity contribution < 1.29 is 14.7 Å². The van der Waals surface area contributed by atoms with E-state index in [0.29, 0.717) is 27.8 Å². The molecule has 0 radical (unpaired) electrons. The van der Waals surface area contributed by atoms with Crippen LogP contribution in [0.4, 0.5) is 5.82 Å². The lowest BCUT2D eigenvalue weighted by molar-refractivity contribution is -0.138. The number of aromatic nitrogens is 3. The molecule has 168 valence electrons. The van der Waals surface area contributed by atoms with Crippen molar-refractivity contribution in [3.05, 3.63) is 47.0 Å². The average molecular weight is 476 g/mol. The number of fused-ring (bicyclic) bond motifs is 1. The van der Waals surface area contributed by atoms with E-state index in [1.165, 1.54) is 4.90 Å². The lowest BCUT2D eigenvalue weighted by atomic mass is 10.1. The molecular formula is C22H23Cl2N5O3. The fourth-order valence-electron chi connectivity index (χ4n) is 4.06. The van der Waals surface area contributed by atoms with E-state index >= 15 is 0 Å². The van der Waals surface area contributed by atoms with Gasteiger partial charge >= 0.3 is 5.97 Å². The summed E-state index contributed by atoms with van der Waals surface area (Å²) in [6.07, 6.45) is 7.26. The SMILES string of the molecule is CN(CCC(=O)O)C(=O)C[C@@H]1CCCN1c1cc(-n2ccnc2)c2ccc(Cl)c(Cl)c2n1. The van der Waals surface area contributed by atoms with Gasteiger partial charge in [0.25, 0.3) is 0 Å². The number of imidazole rings is 1. The zero-order valence-electron chi connectivity index (χ0n) is 17.5. The summed E-state index contributed by atoms with van der Waals surface area (Å²) in [5.41, 5.74) is 1.47. The summed E-state index contributed by atoms with van der Waals surface area (Å²) in [4.78, 5) is 36.1. The first kappa shape index (κ1) is 22.4. The van der Waals surface area contributed by atoms with Crippen LogP contribution in [0.25, 0.3) is 16.6 Å². The Balaban J connectivity index is 1.67. The van der Waals surface area contributed by atoms with Crippen molar-refractivity contribution in [2.45, 2.75) is 31.7 Å². The molecule has 1 atom stereocenters. The van der Waals surface area contributed by atoms with Crippen LogP contribution in [0.3, 0.4) is 0 Å². The number of carbonyl (C=O) groups is 2. The van der Waals surface area contributed by atoms with Crippen LogP contribution in [-0.2, 0) is 9.59 Å². The van der Waals surface area contributed by atoms with Crippen LogP contribution in [-0.4, -0.2) is 62.6 Å². The van der Waals surface area contributed by atoms with Crippen molar-refractivity contribution >= 4 is 51.8 Å². The quantitative estimate of drug-likeness (QED) is 0.554. The fourth-order valence-corrected chi connectivity index (χ4v) is 4.42. The van der Waals surface area contributed by atoms with E-state index in [2.05, 4.69) is 9.88 Å². The first-order valence-corrected chi connectivity index (χ1v) is 11.1. The number of benzene rings is 1. The minimum atomic E-state index is -0.921. The monoisotopic (exact) mass is 475 g/mol. The lowest BCUT2D eigenvalue weighted by Gasteiger charge is -2.28. The Labute approximate surface area is 195 Å². The molecule has 1 N–H and O–H groups in total. The Hall–Kier alpha value is -2.84. The molecule has 1 saturated heterocycles. The van der Waals surface area contributed by atoms with Crippen LogP contribution in [0.2, 0.25) is 10.0 Å². The number of hydrogen-bond acceptors (Lipinski definition) is 5. The van der Waals surface area contributed by atoms with Crippen LogP contribution >= 0.6 is 23.2 Å². The normalized spacial score (nSPS) is 16.0. The number of rotatable bonds is 7. The number of pyridine rings is 1. The van der Waals surface area contributed by atoms with Crippen LogP contribution < -0.4 is 4.90 Å². The molecule has 32 heavy (non-hydrogen) atoms. The maximum Gasteiger partial charge on any atom is 0.305 e. The van der Waals surface area contributed by atoms with Crippen LogP contribution in [0.15, 0.2) is 36.9 Å². The van der Waals surface area contributed by atoms with E-state index in [1.54, 1.807) is 25.6 Å². The second kappa shape index (κ2) is 9.34. The molecule has 1 fully saturated rings. The fraction of sp³-hybridized carbons (Fsp3) is 0.364. The van der Waals surface area contributed by atoms with Crippen molar-refractivity contribution in [3.63, 3.8) is 0 Å². The van der Waals surface area contributed by atoms with Crippen LogP contribution in [0, 0.1) is 0 Å². The Morgan fingerprint density at radius 1 is 1.31 bits per heavy atom. The third-order valence-electron chi connectivity index (χ3n) is 5.79. The van der Waals surface area contributed by atoms with Crippen LogP contribution in [0.1, 0.15) is 25.7 Å². The molecular weight excluding hydrogens is 453 g/mol. The molecule has 0 unspecified atom stereocenters. The second-order valence-electron chi connectivity index (χ2n) is 7.88. The number of carboxylic acid groups (broad SMARTS) is 1. The van der Waals surface area contributed by atoms with Crippen molar-refractivity contribution in [3.8, 4) is 5.69 Å². The van der Waals surface area contributed by atoms with E-state index < -0.39 is 5.97 Å². The highest BCUT2D eigenvalue weighted by Gasteiger charge is 2.30. The van der Waals surface area contributed by atoms with E-state index in [1.807, 2.05) is 22.9 Å². The Bertz CT molecular complexity index is 1150. The summed E-state index contributed by atoms with van der Waals surface area (Å²) in [6, 6.07) is 5.58. The van der Waals surface area contributed by atoms with Gasteiger partial charge in [-0.1, -0.05) is 23.2 Å². The average Bonchev–Trinajstić information content (AvgIpc) is 3.46. The number of anilines is 1. The summed E-state index contributed by atoms with van der Waals surface area (Å²) in [7, 11) is 1.64. The zero-order valence-corrected chi connectivity index (χ0v) is 19.1. The van der Waals surface area contributed by atoms with Crippen molar-refractivity contribution in [2.24, 2.45) is 0 Å². The molecule has 10 heteroatoms. The molecule has 0 spiro atoms. The van der Waals surface area contributed by atoms with Gasteiger partial charge in [0.1, 0.15) is 5.82 Å². The summed E-state index contributed by atoms with van der Waals surface area (Å²) in [5, 5.41) is 10.5. The molecule has 0 bridgehead atoms. The number of halogens is 2. The van der Waals surface area contributed by atoms with Gasteiger partial charge in [-0.2, -0.15) is 0 Å². The first-order valence-electron chi connectivity index (χ1n) is 10.3. The van der Waals surface area contributed by atoms with Gasteiger partial charge in [0.15, 0.2) is 0 Å². The Morgan fingerprint density at radius 2 is 2.12 bits per heavy atom. The molecule has 1 aliphatic heterocycles. The molecule has 1 aliphatic rings. The maximum absolute atomic E-state index is 12.7. The smallest absolute Gasteiger partial charge is 0.305 e. The molecule has 0 aliphatic carbocycles. The Morgan fingerprint density at radius 3 is 2.84 bits per heavy atom. The topological polar surface area (TPSA) is 91.6 Å². The van der Waals surface area contributed by atoms with E-state index in [4.69, 9.17) is 33.3 Å². The van der Waals surface area contributed by atoms with Gasteiger partial charge in [-0.15, -0.1) is 0 Å². The first-order chi connectivity index (χ1) is 15.3. The van der Waals surface area contributed by atoms with Gasteiger partial charge in [-0.3, -0.25) is 9.59 Å². The van der Waals surface area contributed by atoms with Gasteiger partial charge < -0.3 is 19.5 Å². The standard InChI is InChI=1S/C22H23Cl2N5O3/c1-27(9-6-20(31)32)19(30)11-14-3-2-8-29(14)18-12-17(28-10-7-25-13-28)15-4-5-16(23)21(24)22(15)26-18/h4-5,7,10,12-14H,2-3,6,8-9,11H2,1H3,(H,31,32)/t14-/m0/s1. The molecule has 8 nitrogen and oxygen atoms in total. The van der Waals surface area contributed by atoms with Gasteiger partial charge in [-0.05, 0) is 25.0 Å². The maximum atomic E-state index is 12.7. The third-order valence-corrected chi connectivity index (χ3v) is 6.58. The summed E-state index contributed by atoms with van der Waals surface area (Å²) in [6.45, 7) is 0.949. The summed E-state index contributed by atoms with van der Waals surface area (Å²) >= 11 is 12.8. The number of carbonyl (C=O) groups excluding carboxylic acids is 1. The number of amides is 1. The summed E-state index contributed by atoms with van der Waals surface area (Å²) < 4.78 is 1.90. The molecule has 1 amide bonds. The van der Waals surface area contributed by atoms with Gasteiger partial charge in [0.05, 0.1) is 34.0 Å². The number of hydrogen-bond donors (Lipinski definition) is 1. The highest BCUT2D eigenvalue weighted by Crippen LogP contribution is 2.36. The molecule has 3 aromatic rings. The molecule has 0 saturated carbocycles. The largest absolute Gasteiger partial charge is 0.481 e. The van der Waals surface area contributed by atoms with Gasteiger partial charge in [0, 0.05) is 56.4 Å². The van der Waals surface area contributed by atoms with Gasteiger partial charge in [-0.25, -0.2) is 9.97 Å². The van der Waals surface area contributed by atoms with E-state index in [9.17, 15) is 9.59 Å². The van der Waals surface area contributed by atoms with Crippen LogP contribution in [0.5, 0.6) is 0 Å². The number of aliphatic carboxylic acids is 1. The highest BCUT2D eigenvalue weighted by atomic mass is 35.5. The predicted molar refractivity (Wildman–Crippen MR) is 124 cm³/mol. The second-order valence-corrected chi connectivity index (χ2v) is 8.66. The number of nitrogens with zero attached hydrogens (tertiary/aromatic N) is 5. The van der Waals surface area contributed by atoms with Crippen molar-refractivity contribution in [1.29, 1.82) is 0 Å². The minimum absolute atomic E-state index is 0.0340. The predicted octanol–water partition coefficient (Wildman–Crippen LogP) is 4.02. The van der Waals surface area contributed by atoms with Crippen molar-refractivity contribution in [1.82, 2.24) is 19.4 Å². The van der Waals surface area contributed by atoms with E-state index in [0.717, 1.165) is 30.5 Å². The minimum Gasteiger partial charge on any atom is -0.481 e. The molecule has 4 rings (SSSR count). The van der Waals surface area contributed by atoms with Gasteiger partial charge in [0.2, 0.25) is 5.91 Å². The highest BCUT2D eigenvalue weighted by molar-refractivity contribution is 6.45. The Kier molecular flexibility index (Phi) is 6.53. The van der Waals surface area contributed by atoms with Crippen molar-refractivity contribution in [2.75, 3.05) is 25.0 Å². The lowest BCUT2D eigenvalue weighted by Crippen LogP contribution is -2.37. The van der Waals surface area contributed by atoms with E-state index in [-0.39, 0.29) is 24.9 Å². The molecule has 3 heterocycles. The molecule has 1 aromatic carbocycles. The molecule has 2 aromatic heterocycles. The zero-order chi connectivity index (χ0) is 22.8.